The van der Waals surface area contributed by atoms with Gasteiger partial charge in [0.2, 0.25) is 0 Å². The van der Waals surface area contributed by atoms with Crippen LogP contribution < -0.4 is 27.1 Å². The average molecular weight is 619 g/mol. The number of nitrogens with two attached hydrogens (primary N) is 1. The standard InChI is InChI=1S/C33H42F3N2O4P/c34-33(35,36)31(39)42-43(28-20-12-9-13-21-28,29-22-14-10-15-23-29,30-24-16-11-17-25-30)27-19-8-6-4-2-1-3-5-7-18-26-41-38-32(37)40/h9-17,20-25H,1-8,18-19,26-27H2,(H3,37,38,40). The molecule has 0 aromatic heterocycles. The van der Waals surface area contributed by atoms with Gasteiger partial charge in [-0.2, -0.15) is 0 Å². The van der Waals surface area contributed by atoms with E-state index in [0.717, 1.165) is 57.8 Å². The van der Waals surface area contributed by atoms with Crippen molar-refractivity contribution in [2.24, 2.45) is 5.73 Å². The third-order valence-corrected chi connectivity index (χ3v) is 13.6. The Kier molecular flexibility index (Phi) is 13.0. The Labute approximate surface area is 252 Å². The molecule has 43 heavy (non-hydrogen) atoms. The summed E-state index contributed by atoms with van der Waals surface area (Å²) in [7, 11) is 0. The third kappa shape index (κ3) is 9.04. The Hall–Kier alpha value is -3.42. The molecule has 6 nitrogen and oxygen atoms in total. The van der Waals surface area contributed by atoms with Gasteiger partial charge in [-0.25, -0.2) is 10.3 Å². The first-order valence-corrected chi connectivity index (χ1v) is 17.2. The molecule has 234 valence electrons. The van der Waals surface area contributed by atoms with Crippen LogP contribution in [0.3, 0.4) is 0 Å². The molecule has 3 aromatic carbocycles. The Morgan fingerprint density at radius 3 is 1.37 bits per heavy atom. The molecule has 0 heterocycles. The fraction of sp³-hybridized carbons (Fsp3) is 0.394. The number of primary amides is 1. The van der Waals surface area contributed by atoms with Crippen molar-refractivity contribution < 1.29 is 32.1 Å². The number of hydrogen-bond acceptors (Lipinski definition) is 4. The summed E-state index contributed by atoms with van der Waals surface area (Å²) >= 11 is 0. The molecule has 10 heteroatoms. The van der Waals surface area contributed by atoms with Crippen LogP contribution in [0.25, 0.3) is 0 Å². The molecular weight excluding hydrogens is 576 g/mol. The predicted octanol–water partition coefficient (Wildman–Crippen LogP) is 7.04. The summed E-state index contributed by atoms with van der Waals surface area (Å²) < 4.78 is 47.8. The molecule has 0 saturated carbocycles. The molecule has 0 atom stereocenters. The van der Waals surface area contributed by atoms with E-state index in [1.807, 2.05) is 18.2 Å². The second-order valence-corrected chi connectivity index (χ2v) is 15.3. The van der Waals surface area contributed by atoms with E-state index in [1.54, 1.807) is 72.8 Å². The summed E-state index contributed by atoms with van der Waals surface area (Å²) in [4.78, 5) is 28.3. The Balaban J connectivity index is 1.74. The molecule has 0 spiro atoms. The predicted molar refractivity (Wildman–Crippen MR) is 167 cm³/mol. The number of nitrogens with one attached hydrogen (secondary N) is 1. The minimum absolute atomic E-state index is 0.276. The number of benzene rings is 3. The summed E-state index contributed by atoms with van der Waals surface area (Å²) in [6, 6.07) is 26.2. The summed E-state index contributed by atoms with van der Waals surface area (Å²) in [6.07, 6.45) is 4.68. The van der Waals surface area contributed by atoms with Gasteiger partial charge in [-0.3, -0.25) is 4.84 Å². The van der Waals surface area contributed by atoms with E-state index in [-0.39, 0.29) is 6.16 Å². The molecule has 0 unspecified atom stereocenters. The van der Waals surface area contributed by atoms with Crippen LogP contribution in [0.15, 0.2) is 91.0 Å². The summed E-state index contributed by atoms with van der Waals surface area (Å²) in [5, 5.41) is 1.79. The molecular formula is C33H42F3N2O4P. The summed E-state index contributed by atoms with van der Waals surface area (Å²) in [5.74, 6) is -2.17. The van der Waals surface area contributed by atoms with Crippen LogP contribution in [-0.2, 0) is 14.2 Å². The Morgan fingerprint density at radius 1 is 0.628 bits per heavy atom. The minimum atomic E-state index is -5.14. The first-order valence-electron chi connectivity index (χ1n) is 14.9. The molecule has 2 amide bonds. The van der Waals surface area contributed by atoms with Crippen LogP contribution in [0.1, 0.15) is 64.2 Å². The van der Waals surface area contributed by atoms with Gasteiger partial charge in [-0.1, -0.05) is 0 Å². The molecule has 0 fully saturated rings. The molecule has 0 aliphatic rings. The first-order chi connectivity index (χ1) is 20.7. The van der Waals surface area contributed by atoms with Crippen molar-refractivity contribution in [3.63, 3.8) is 0 Å². The molecule has 0 aliphatic carbocycles. The van der Waals surface area contributed by atoms with Gasteiger partial charge in [0.25, 0.3) is 0 Å². The van der Waals surface area contributed by atoms with E-state index in [9.17, 15) is 22.8 Å². The van der Waals surface area contributed by atoms with Gasteiger partial charge in [0.05, 0.1) is 0 Å². The molecule has 0 saturated heterocycles. The van der Waals surface area contributed by atoms with E-state index in [4.69, 9.17) is 15.1 Å². The molecule has 3 aromatic rings. The van der Waals surface area contributed by atoms with Gasteiger partial charge >= 0.3 is 231 Å². The number of carbonyl (C=O) groups excluding carboxylic acids is 2. The van der Waals surface area contributed by atoms with Gasteiger partial charge in [0.1, 0.15) is 0 Å². The zero-order chi connectivity index (χ0) is 31.0. The van der Waals surface area contributed by atoms with Crippen LogP contribution in [0.2, 0.25) is 0 Å². The molecule has 3 N–H and O–H groups in total. The topological polar surface area (TPSA) is 90.7 Å². The van der Waals surface area contributed by atoms with E-state index >= 15 is 0 Å². The van der Waals surface area contributed by atoms with Gasteiger partial charge in [-0.05, 0) is 0 Å². The Morgan fingerprint density at radius 2 is 1.00 bits per heavy atom. The van der Waals surface area contributed by atoms with Crippen molar-refractivity contribution >= 4 is 34.7 Å². The van der Waals surface area contributed by atoms with Crippen LogP contribution in [0, 0.1) is 0 Å². The van der Waals surface area contributed by atoms with Crippen LogP contribution in [-0.4, -0.2) is 30.9 Å². The van der Waals surface area contributed by atoms with E-state index < -0.39 is 25.0 Å². The van der Waals surface area contributed by atoms with E-state index in [1.165, 1.54) is 0 Å². The van der Waals surface area contributed by atoms with Crippen LogP contribution in [0.5, 0.6) is 0 Å². The summed E-state index contributed by atoms with van der Waals surface area (Å²) in [6.45, 7) is -3.96. The maximum absolute atomic E-state index is 13.9. The van der Waals surface area contributed by atoms with Gasteiger partial charge < -0.3 is 5.73 Å². The van der Waals surface area contributed by atoms with Crippen LogP contribution in [0.4, 0.5) is 18.0 Å². The number of rotatable bonds is 18. The number of unbranched alkanes of at least 4 members (excludes halogenated alkanes) is 9. The second kappa shape index (κ2) is 16.4. The van der Waals surface area contributed by atoms with Crippen molar-refractivity contribution in [1.82, 2.24) is 5.48 Å². The Bertz CT molecular complexity index is 1160. The molecule has 3 rings (SSSR count). The van der Waals surface area contributed by atoms with E-state index in [2.05, 4.69) is 5.48 Å². The number of alkyl halides is 3. The van der Waals surface area contributed by atoms with E-state index in [0.29, 0.717) is 28.9 Å². The zero-order valence-corrected chi connectivity index (χ0v) is 25.3. The third-order valence-electron chi connectivity index (χ3n) is 7.68. The van der Waals surface area contributed by atoms with Crippen LogP contribution >= 0.6 is 6.83 Å². The monoisotopic (exact) mass is 618 g/mol. The fourth-order valence-corrected chi connectivity index (χ4v) is 11.4. The molecule has 0 bridgehead atoms. The SMILES string of the molecule is NC(=O)NOCCCCCCCCCCCCP(OC(=O)C(F)(F)F)(c1ccccc1)(c1ccccc1)c1ccccc1. The number of urea groups is 1. The zero-order valence-electron chi connectivity index (χ0n) is 24.4. The maximum atomic E-state index is 13.9. The number of hydroxylamine groups is 1. The van der Waals surface area contributed by atoms with Gasteiger partial charge in [0, 0.05) is 0 Å². The number of carbonyl (C=O) groups is 2. The quantitative estimate of drug-likeness (QED) is 0.0910. The number of halogens is 3. The van der Waals surface area contributed by atoms with Crippen molar-refractivity contribution in [3.05, 3.63) is 91.0 Å². The van der Waals surface area contributed by atoms with Crippen molar-refractivity contribution in [3.8, 4) is 0 Å². The number of hydrogen-bond donors (Lipinski definition) is 2. The van der Waals surface area contributed by atoms with Crippen molar-refractivity contribution in [2.75, 3.05) is 12.8 Å². The first kappa shape index (κ1) is 34.1. The summed E-state index contributed by atoms with van der Waals surface area (Å²) in [5.41, 5.74) is 7.04. The molecule has 0 aliphatic heterocycles. The van der Waals surface area contributed by atoms with Crippen molar-refractivity contribution in [2.45, 2.75) is 70.4 Å². The fourth-order valence-electron chi connectivity index (χ4n) is 5.63. The normalized spacial score (nSPS) is 12.7. The average Bonchev–Trinajstić information content (AvgIpc) is 3.01. The molecule has 0 radical (unpaired) electrons. The van der Waals surface area contributed by atoms with Crippen molar-refractivity contribution in [1.29, 1.82) is 0 Å². The van der Waals surface area contributed by atoms with Gasteiger partial charge in [-0.15, -0.1) is 0 Å². The second-order valence-electron chi connectivity index (χ2n) is 10.7. The number of amides is 2. The van der Waals surface area contributed by atoms with Gasteiger partial charge in [0.15, 0.2) is 0 Å².